The Hall–Kier alpha value is -2.17. The standard InChI is InChI=1S/C16H20N4O/c1-10-5-7-19(8-6-10)16(21)14-13(4)18-20-12(3)9-11(2)17-15(14)20/h5,9H,6-8H2,1-4H3. The number of carbonyl (C=O) groups is 1. The summed E-state index contributed by atoms with van der Waals surface area (Å²) in [7, 11) is 0. The van der Waals surface area contributed by atoms with Crippen LogP contribution in [0.3, 0.4) is 0 Å². The van der Waals surface area contributed by atoms with Crippen LogP contribution in [0.25, 0.3) is 5.65 Å². The van der Waals surface area contributed by atoms with E-state index in [1.54, 1.807) is 4.52 Å². The van der Waals surface area contributed by atoms with Crippen LogP contribution in [-0.2, 0) is 0 Å². The van der Waals surface area contributed by atoms with Crippen LogP contribution in [0.2, 0.25) is 0 Å². The van der Waals surface area contributed by atoms with Crippen molar-refractivity contribution in [2.45, 2.75) is 34.1 Å². The zero-order valence-corrected chi connectivity index (χ0v) is 13.0. The third kappa shape index (κ3) is 2.33. The Balaban J connectivity index is 2.08. The Morgan fingerprint density at radius 2 is 2.00 bits per heavy atom. The van der Waals surface area contributed by atoms with Gasteiger partial charge in [0.05, 0.1) is 5.69 Å². The summed E-state index contributed by atoms with van der Waals surface area (Å²) in [6.45, 7) is 9.35. The van der Waals surface area contributed by atoms with Crippen LogP contribution in [0.4, 0.5) is 0 Å². The molecule has 21 heavy (non-hydrogen) atoms. The lowest BCUT2D eigenvalue weighted by molar-refractivity contribution is 0.0770. The maximum atomic E-state index is 12.8. The molecule has 0 aliphatic carbocycles. The van der Waals surface area contributed by atoms with E-state index in [0.717, 1.165) is 30.0 Å². The van der Waals surface area contributed by atoms with E-state index in [4.69, 9.17) is 0 Å². The van der Waals surface area contributed by atoms with Gasteiger partial charge in [-0.05, 0) is 40.2 Å². The third-order valence-corrected chi connectivity index (χ3v) is 4.01. The topological polar surface area (TPSA) is 50.5 Å². The molecule has 0 saturated heterocycles. The second-order valence-electron chi connectivity index (χ2n) is 5.79. The molecule has 0 saturated carbocycles. The van der Waals surface area contributed by atoms with Gasteiger partial charge in [0, 0.05) is 24.5 Å². The molecule has 0 aromatic carbocycles. The first-order valence-electron chi connectivity index (χ1n) is 7.26. The van der Waals surface area contributed by atoms with Gasteiger partial charge < -0.3 is 4.90 Å². The van der Waals surface area contributed by atoms with Crippen LogP contribution >= 0.6 is 0 Å². The van der Waals surface area contributed by atoms with Gasteiger partial charge in [-0.15, -0.1) is 0 Å². The van der Waals surface area contributed by atoms with Crippen molar-refractivity contribution in [2.75, 3.05) is 13.1 Å². The van der Waals surface area contributed by atoms with Crippen molar-refractivity contribution in [3.63, 3.8) is 0 Å². The maximum Gasteiger partial charge on any atom is 0.259 e. The number of aromatic nitrogens is 3. The number of aryl methyl sites for hydroxylation is 3. The Morgan fingerprint density at radius 3 is 2.67 bits per heavy atom. The molecular weight excluding hydrogens is 264 g/mol. The molecule has 5 nitrogen and oxygen atoms in total. The van der Waals surface area contributed by atoms with E-state index in [1.165, 1.54) is 5.57 Å². The van der Waals surface area contributed by atoms with Gasteiger partial charge in [-0.25, -0.2) is 9.50 Å². The highest BCUT2D eigenvalue weighted by Gasteiger charge is 2.25. The number of carbonyl (C=O) groups excluding carboxylic acids is 1. The van der Waals surface area contributed by atoms with E-state index in [2.05, 4.69) is 23.1 Å². The Morgan fingerprint density at radius 1 is 1.24 bits per heavy atom. The summed E-state index contributed by atoms with van der Waals surface area (Å²) < 4.78 is 1.76. The fourth-order valence-electron chi connectivity index (χ4n) is 2.79. The van der Waals surface area contributed by atoms with Crippen molar-refractivity contribution in [1.82, 2.24) is 19.5 Å². The summed E-state index contributed by atoms with van der Waals surface area (Å²) >= 11 is 0. The van der Waals surface area contributed by atoms with E-state index in [1.807, 2.05) is 31.7 Å². The van der Waals surface area contributed by atoms with Gasteiger partial charge in [-0.3, -0.25) is 4.79 Å². The zero-order valence-electron chi connectivity index (χ0n) is 13.0. The molecule has 0 radical (unpaired) electrons. The highest BCUT2D eigenvalue weighted by Crippen LogP contribution is 2.20. The lowest BCUT2D eigenvalue weighted by Gasteiger charge is -2.25. The molecule has 3 heterocycles. The van der Waals surface area contributed by atoms with Crippen molar-refractivity contribution in [3.05, 3.63) is 40.4 Å². The summed E-state index contributed by atoms with van der Waals surface area (Å²) in [5, 5.41) is 4.48. The van der Waals surface area contributed by atoms with Gasteiger partial charge >= 0.3 is 0 Å². The minimum atomic E-state index is 0.0313. The predicted octanol–water partition coefficient (Wildman–Crippen LogP) is 2.45. The van der Waals surface area contributed by atoms with Crippen LogP contribution in [0.5, 0.6) is 0 Å². The number of rotatable bonds is 1. The molecule has 0 atom stereocenters. The van der Waals surface area contributed by atoms with Gasteiger partial charge in [0.25, 0.3) is 5.91 Å². The second kappa shape index (κ2) is 4.98. The zero-order chi connectivity index (χ0) is 15.1. The number of nitrogens with zero attached hydrogens (tertiary/aromatic N) is 4. The molecule has 0 N–H and O–H groups in total. The first kappa shape index (κ1) is 13.8. The minimum Gasteiger partial charge on any atom is -0.334 e. The predicted molar refractivity (Wildman–Crippen MR) is 81.5 cm³/mol. The summed E-state index contributed by atoms with van der Waals surface area (Å²) in [5.74, 6) is 0.0313. The van der Waals surface area contributed by atoms with E-state index >= 15 is 0 Å². The summed E-state index contributed by atoms with van der Waals surface area (Å²) in [5.41, 5.74) is 5.29. The quantitative estimate of drug-likeness (QED) is 0.756. The average Bonchev–Trinajstić information content (AvgIpc) is 2.75. The van der Waals surface area contributed by atoms with Crippen LogP contribution in [0, 0.1) is 20.8 Å². The molecule has 1 aliphatic rings. The molecule has 0 spiro atoms. The molecule has 2 aromatic rings. The largest absolute Gasteiger partial charge is 0.334 e. The van der Waals surface area contributed by atoms with Crippen molar-refractivity contribution in [1.29, 1.82) is 0 Å². The van der Waals surface area contributed by atoms with Crippen molar-refractivity contribution >= 4 is 11.6 Å². The number of fused-ring (bicyclic) bond motifs is 1. The Kier molecular flexibility index (Phi) is 3.27. The Labute approximate surface area is 124 Å². The monoisotopic (exact) mass is 284 g/mol. The number of hydrogen-bond donors (Lipinski definition) is 0. The van der Waals surface area contributed by atoms with Gasteiger partial charge in [0.15, 0.2) is 5.65 Å². The molecule has 0 bridgehead atoms. The smallest absolute Gasteiger partial charge is 0.259 e. The second-order valence-corrected chi connectivity index (χ2v) is 5.79. The summed E-state index contributed by atoms with van der Waals surface area (Å²) in [4.78, 5) is 19.2. The summed E-state index contributed by atoms with van der Waals surface area (Å²) in [6.07, 6.45) is 3.06. The molecule has 0 fully saturated rings. The highest BCUT2D eigenvalue weighted by molar-refractivity contribution is 6.01. The van der Waals surface area contributed by atoms with Crippen LogP contribution in [-0.4, -0.2) is 38.5 Å². The van der Waals surface area contributed by atoms with Crippen molar-refractivity contribution in [3.8, 4) is 0 Å². The average molecular weight is 284 g/mol. The van der Waals surface area contributed by atoms with E-state index in [-0.39, 0.29) is 5.91 Å². The highest BCUT2D eigenvalue weighted by atomic mass is 16.2. The fraction of sp³-hybridized carbons (Fsp3) is 0.438. The first-order valence-corrected chi connectivity index (χ1v) is 7.26. The molecule has 5 heteroatoms. The summed E-state index contributed by atoms with van der Waals surface area (Å²) in [6, 6.07) is 1.97. The SMILES string of the molecule is CC1=CCN(C(=O)c2c(C)nn3c(C)cc(C)nc23)CC1. The fourth-order valence-corrected chi connectivity index (χ4v) is 2.79. The van der Waals surface area contributed by atoms with Crippen LogP contribution in [0.15, 0.2) is 17.7 Å². The number of hydrogen-bond acceptors (Lipinski definition) is 3. The number of amides is 1. The van der Waals surface area contributed by atoms with E-state index in [0.29, 0.717) is 17.8 Å². The van der Waals surface area contributed by atoms with Gasteiger partial charge in [-0.1, -0.05) is 11.6 Å². The first-order chi connectivity index (χ1) is 9.97. The van der Waals surface area contributed by atoms with E-state index < -0.39 is 0 Å². The molecule has 2 aromatic heterocycles. The molecule has 1 aliphatic heterocycles. The van der Waals surface area contributed by atoms with Crippen molar-refractivity contribution in [2.24, 2.45) is 0 Å². The lowest BCUT2D eigenvalue weighted by Crippen LogP contribution is -2.35. The van der Waals surface area contributed by atoms with Gasteiger partial charge in [-0.2, -0.15) is 5.10 Å². The maximum absolute atomic E-state index is 12.8. The molecule has 0 unspecified atom stereocenters. The van der Waals surface area contributed by atoms with Crippen LogP contribution in [0.1, 0.15) is 40.8 Å². The van der Waals surface area contributed by atoms with E-state index in [9.17, 15) is 4.79 Å². The molecular formula is C16H20N4O. The normalized spacial score (nSPS) is 15.4. The lowest BCUT2D eigenvalue weighted by atomic mass is 10.1. The Bertz CT molecular complexity index is 757. The van der Waals surface area contributed by atoms with Gasteiger partial charge in [0.2, 0.25) is 0 Å². The molecule has 1 amide bonds. The minimum absolute atomic E-state index is 0.0313. The molecule has 110 valence electrons. The van der Waals surface area contributed by atoms with Crippen LogP contribution < -0.4 is 0 Å². The molecule has 3 rings (SSSR count). The third-order valence-electron chi connectivity index (χ3n) is 4.01. The van der Waals surface area contributed by atoms with Crippen molar-refractivity contribution < 1.29 is 4.79 Å². The van der Waals surface area contributed by atoms with Gasteiger partial charge in [0.1, 0.15) is 5.56 Å².